The Morgan fingerprint density at radius 2 is 1.63 bits per heavy atom. The van der Waals surface area contributed by atoms with Gasteiger partial charge in [-0.05, 0) is 36.8 Å². The Hall–Kier alpha value is -3.35. The number of hydrogen-bond acceptors (Lipinski definition) is 4. The number of hydrogen-bond donors (Lipinski definition) is 3. The fourth-order valence-corrected chi connectivity index (χ4v) is 2.18. The number of anilines is 1. The highest BCUT2D eigenvalue weighted by atomic mass is 16.5. The Balaban J connectivity index is 1.73. The van der Waals surface area contributed by atoms with E-state index < -0.39 is 11.8 Å². The molecule has 2 aromatic rings. The molecule has 0 aliphatic rings. The van der Waals surface area contributed by atoms with Crippen molar-refractivity contribution in [3.63, 3.8) is 0 Å². The van der Waals surface area contributed by atoms with Gasteiger partial charge >= 0.3 is 0 Å². The van der Waals surface area contributed by atoms with Crippen LogP contribution in [0.1, 0.15) is 36.5 Å². The molecular formula is C20H23N3O4. The molecule has 0 atom stereocenters. The molecule has 0 aliphatic heterocycles. The van der Waals surface area contributed by atoms with Gasteiger partial charge in [0, 0.05) is 24.1 Å². The summed E-state index contributed by atoms with van der Waals surface area (Å²) in [5, 5.41) is 2.69. The molecule has 7 heteroatoms. The molecule has 27 heavy (non-hydrogen) atoms. The second kappa shape index (κ2) is 10.6. The smallest absolute Gasteiger partial charge is 0.269 e. The lowest BCUT2D eigenvalue weighted by Gasteiger charge is -2.09. The van der Waals surface area contributed by atoms with Gasteiger partial charge in [-0.15, -0.1) is 0 Å². The van der Waals surface area contributed by atoms with E-state index in [1.165, 1.54) is 0 Å². The maximum Gasteiger partial charge on any atom is 0.269 e. The lowest BCUT2D eigenvalue weighted by atomic mass is 10.2. The lowest BCUT2D eigenvalue weighted by Crippen LogP contribution is -2.41. The van der Waals surface area contributed by atoms with Crippen molar-refractivity contribution in [3.8, 4) is 5.75 Å². The van der Waals surface area contributed by atoms with Crippen molar-refractivity contribution in [1.82, 2.24) is 10.9 Å². The molecule has 0 fully saturated rings. The predicted molar refractivity (Wildman–Crippen MR) is 102 cm³/mol. The fraction of sp³-hybridized carbons (Fsp3) is 0.250. The molecule has 3 N–H and O–H groups in total. The van der Waals surface area contributed by atoms with Crippen molar-refractivity contribution in [2.45, 2.75) is 26.2 Å². The predicted octanol–water partition coefficient (Wildman–Crippen LogP) is 2.66. The van der Waals surface area contributed by atoms with Gasteiger partial charge in [0.15, 0.2) is 0 Å². The number of benzene rings is 2. The number of rotatable bonds is 8. The molecular weight excluding hydrogens is 346 g/mol. The van der Waals surface area contributed by atoms with Crippen LogP contribution in [0.3, 0.4) is 0 Å². The molecule has 7 nitrogen and oxygen atoms in total. The van der Waals surface area contributed by atoms with E-state index in [1.807, 2.05) is 13.0 Å². The van der Waals surface area contributed by atoms with Gasteiger partial charge in [-0.3, -0.25) is 25.2 Å². The van der Waals surface area contributed by atoms with Gasteiger partial charge in [0.25, 0.3) is 5.91 Å². The summed E-state index contributed by atoms with van der Waals surface area (Å²) in [6.45, 7) is 2.55. The largest absolute Gasteiger partial charge is 0.494 e. The first-order chi connectivity index (χ1) is 13.1. The fourth-order valence-electron chi connectivity index (χ4n) is 2.18. The standard InChI is InChI=1S/C20H23N3O4/c1-2-13-27-17-10-6-7-15(14-17)20(26)23-22-19(25)12-11-18(24)21-16-8-4-3-5-9-16/h3-10,14H,2,11-13H2,1H3,(H,21,24)(H,22,25)(H,23,26). The SMILES string of the molecule is CCCOc1cccc(C(=O)NNC(=O)CCC(=O)Nc2ccccc2)c1. The second-order valence-corrected chi connectivity index (χ2v) is 5.79. The molecule has 2 rings (SSSR count). The van der Waals surface area contributed by atoms with Gasteiger partial charge in [0.2, 0.25) is 11.8 Å². The van der Waals surface area contributed by atoms with Crippen molar-refractivity contribution >= 4 is 23.4 Å². The first kappa shape index (κ1) is 20.0. The summed E-state index contributed by atoms with van der Waals surface area (Å²) in [6.07, 6.45) is 0.833. The lowest BCUT2D eigenvalue weighted by molar-refractivity contribution is -0.124. The third kappa shape index (κ3) is 7.19. The number of amides is 3. The highest BCUT2D eigenvalue weighted by molar-refractivity contribution is 5.96. The molecule has 0 aliphatic carbocycles. The molecule has 0 unspecified atom stereocenters. The van der Waals surface area contributed by atoms with Crippen LogP contribution < -0.4 is 20.9 Å². The Kier molecular flexibility index (Phi) is 7.84. The highest BCUT2D eigenvalue weighted by Gasteiger charge is 2.10. The maximum absolute atomic E-state index is 12.1. The van der Waals surface area contributed by atoms with Crippen LogP contribution in [0.4, 0.5) is 5.69 Å². The average Bonchev–Trinajstić information content (AvgIpc) is 2.70. The van der Waals surface area contributed by atoms with Crippen LogP contribution in [0.25, 0.3) is 0 Å². The topological polar surface area (TPSA) is 96.5 Å². The Labute approximate surface area is 158 Å². The van der Waals surface area contributed by atoms with Crippen LogP contribution in [0, 0.1) is 0 Å². The Morgan fingerprint density at radius 1 is 0.889 bits per heavy atom. The Bertz CT molecular complexity index is 778. The minimum absolute atomic E-state index is 0.0109. The first-order valence-corrected chi connectivity index (χ1v) is 8.75. The summed E-state index contributed by atoms with van der Waals surface area (Å²) in [5.74, 6) is -0.596. The summed E-state index contributed by atoms with van der Waals surface area (Å²) in [6, 6.07) is 15.7. The number of hydrazine groups is 1. The van der Waals surface area contributed by atoms with Gasteiger partial charge in [0.05, 0.1) is 6.61 Å². The second-order valence-electron chi connectivity index (χ2n) is 5.79. The van der Waals surface area contributed by atoms with Crippen molar-refractivity contribution in [2.24, 2.45) is 0 Å². The van der Waals surface area contributed by atoms with Gasteiger partial charge in [0.1, 0.15) is 5.75 Å². The van der Waals surface area contributed by atoms with Crippen molar-refractivity contribution in [2.75, 3.05) is 11.9 Å². The summed E-state index contributed by atoms with van der Waals surface area (Å²) in [7, 11) is 0. The summed E-state index contributed by atoms with van der Waals surface area (Å²) in [5.41, 5.74) is 5.67. The van der Waals surface area contributed by atoms with E-state index in [-0.39, 0.29) is 18.7 Å². The number of carbonyl (C=O) groups excluding carboxylic acids is 3. The van der Waals surface area contributed by atoms with Crippen molar-refractivity contribution in [1.29, 1.82) is 0 Å². The maximum atomic E-state index is 12.1. The third-order valence-corrected chi connectivity index (χ3v) is 3.52. The Morgan fingerprint density at radius 3 is 2.37 bits per heavy atom. The summed E-state index contributed by atoms with van der Waals surface area (Å²) < 4.78 is 5.47. The number of para-hydroxylation sites is 1. The van der Waals surface area contributed by atoms with Crippen LogP contribution in [0.15, 0.2) is 54.6 Å². The molecule has 0 aromatic heterocycles. The zero-order valence-corrected chi connectivity index (χ0v) is 15.2. The highest BCUT2D eigenvalue weighted by Crippen LogP contribution is 2.13. The first-order valence-electron chi connectivity index (χ1n) is 8.75. The van der Waals surface area contributed by atoms with Crippen LogP contribution >= 0.6 is 0 Å². The van der Waals surface area contributed by atoms with Crippen molar-refractivity contribution in [3.05, 3.63) is 60.2 Å². The van der Waals surface area contributed by atoms with E-state index in [0.717, 1.165) is 6.42 Å². The molecule has 0 heterocycles. The van der Waals surface area contributed by atoms with E-state index >= 15 is 0 Å². The molecule has 2 aromatic carbocycles. The average molecular weight is 369 g/mol. The number of carbonyl (C=O) groups is 3. The zero-order valence-electron chi connectivity index (χ0n) is 15.2. The molecule has 0 saturated carbocycles. The third-order valence-electron chi connectivity index (χ3n) is 3.52. The zero-order chi connectivity index (χ0) is 19.5. The summed E-state index contributed by atoms with van der Waals surface area (Å²) >= 11 is 0. The van der Waals surface area contributed by atoms with Gasteiger partial charge in [-0.25, -0.2) is 0 Å². The monoisotopic (exact) mass is 369 g/mol. The van der Waals surface area contributed by atoms with Crippen LogP contribution in [0.5, 0.6) is 5.75 Å². The van der Waals surface area contributed by atoms with Crippen molar-refractivity contribution < 1.29 is 19.1 Å². The van der Waals surface area contributed by atoms with Crippen LogP contribution in [-0.2, 0) is 9.59 Å². The molecule has 0 radical (unpaired) electrons. The number of ether oxygens (including phenoxy) is 1. The number of nitrogens with one attached hydrogen (secondary N) is 3. The van der Waals surface area contributed by atoms with Gasteiger partial charge < -0.3 is 10.1 Å². The van der Waals surface area contributed by atoms with E-state index in [9.17, 15) is 14.4 Å². The van der Waals surface area contributed by atoms with E-state index in [4.69, 9.17) is 4.74 Å². The molecule has 142 valence electrons. The quantitative estimate of drug-likeness (QED) is 0.623. The summed E-state index contributed by atoms with van der Waals surface area (Å²) in [4.78, 5) is 35.7. The molecule has 0 spiro atoms. The molecule has 3 amide bonds. The van der Waals surface area contributed by atoms with Gasteiger partial charge in [-0.1, -0.05) is 31.2 Å². The van der Waals surface area contributed by atoms with E-state index in [1.54, 1.807) is 48.5 Å². The minimum atomic E-state index is -0.459. The van der Waals surface area contributed by atoms with Gasteiger partial charge in [-0.2, -0.15) is 0 Å². The normalized spacial score (nSPS) is 9.96. The molecule has 0 saturated heterocycles. The minimum Gasteiger partial charge on any atom is -0.494 e. The van der Waals surface area contributed by atoms with E-state index in [0.29, 0.717) is 23.6 Å². The van der Waals surface area contributed by atoms with Crippen LogP contribution in [-0.4, -0.2) is 24.3 Å². The van der Waals surface area contributed by atoms with E-state index in [2.05, 4.69) is 16.2 Å². The van der Waals surface area contributed by atoms with Crippen LogP contribution in [0.2, 0.25) is 0 Å². The molecule has 0 bridgehead atoms.